The minimum Gasteiger partial charge on any atom is -0.474 e. The maximum atomic E-state index is 12.9. The molecule has 19 heavy (non-hydrogen) atoms. The Hall–Kier alpha value is -1.20. The van der Waals surface area contributed by atoms with Crippen molar-refractivity contribution in [1.29, 1.82) is 0 Å². The van der Waals surface area contributed by atoms with Gasteiger partial charge in [0.2, 0.25) is 6.10 Å². The van der Waals surface area contributed by atoms with E-state index in [-0.39, 0.29) is 21.4 Å². The molecule has 1 aromatic rings. The molecule has 1 aromatic carbocycles. The Morgan fingerprint density at radius 3 is 2.47 bits per heavy atom. The molecule has 0 fully saturated rings. The first kappa shape index (κ1) is 14.2. The second-order valence-corrected chi connectivity index (χ2v) is 4.84. The average molecular weight is 311 g/mol. The van der Waals surface area contributed by atoms with Crippen molar-refractivity contribution in [2.45, 2.75) is 19.2 Å². The largest absolute Gasteiger partial charge is 0.474 e. The molecule has 0 bridgehead atoms. The fourth-order valence-corrected chi connectivity index (χ4v) is 2.32. The first-order valence-electron chi connectivity index (χ1n) is 5.15. The van der Waals surface area contributed by atoms with Crippen LogP contribution >= 0.6 is 23.2 Å². The van der Waals surface area contributed by atoms with E-state index in [9.17, 15) is 18.0 Å². The third kappa shape index (κ3) is 2.72. The Morgan fingerprint density at radius 1 is 1.32 bits per heavy atom. The zero-order chi connectivity index (χ0) is 14.4. The zero-order valence-electron chi connectivity index (χ0n) is 9.52. The van der Waals surface area contributed by atoms with Crippen LogP contribution < -0.4 is 4.74 Å². The van der Waals surface area contributed by atoms with Gasteiger partial charge in [0.1, 0.15) is 5.75 Å². The van der Waals surface area contributed by atoms with E-state index in [1.54, 1.807) is 0 Å². The summed E-state index contributed by atoms with van der Waals surface area (Å²) < 4.78 is 43.5. The number of rotatable bonds is 1. The SMILES string of the molecule is CC(=O)C1=Cc2cc(Cl)cc(Cl)c2OC1C(F)(F)F. The van der Waals surface area contributed by atoms with E-state index in [1.807, 2.05) is 0 Å². The number of fused-ring (bicyclic) bond motifs is 1. The number of ketones is 1. The van der Waals surface area contributed by atoms with E-state index in [4.69, 9.17) is 27.9 Å². The van der Waals surface area contributed by atoms with Crippen LogP contribution in [0, 0.1) is 0 Å². The summed E-state index contributed by atoms with van der Waals surface area (Å²) in [6.45, 7) is 1.05. The van der Waals surface area contributed by atoms with E-state index < -0.39 is 23.6 Å². The molecule has 2 rings (SSSR count). The van der Waals surface area contributed by atoms with Gasteiger partial charge < -0.3 is 4.74 Å². The summed E-state index contributed by atoms with van der Waals surface area (Å²) in [4.78, 5) is 11.3. The summed E-state index contributed by atoms with van der Waals surface area (Å²) in [6.07, 6.45) is -5.90. The number of hydrogen-bond donors (Lipinski definition) is 0. The second-order valence-electron chi connectivity index (χ2n) is 4.00. The van der Waals surface area contributed by atoms with Crippen LogP contribution in [0.5, 0.6) is 5.75 Å². The quantitative estimate of drug-likeness (QED) is 0.773. The van der Waals surface area contributed by atoms with E-state index in [0.29, 0.717) is 0 Å². The molecule has 0 spiro atoms. The number of halogens is 5. The van der Waals surface area contributed by atoms with Gasteiger partial charge in [0, 0.05) is 16.2 Å². The highest BCUT2D eigenvalue weighted by Crippen LogP contribution is 2.42. The number of benzene rings is 1. The van der Waals surface area contributed by atoms with Crippen molar-refractivity contribution in [3.63, 3.8) is 0 Å². The normalized spacial score (nSPS) is 18.4. The molecule has 0 aliphatic carbocycles. The summed E-state index contributed by atoms with van der Waals surface area (Å²) >= 11 is 11.6. The summed E-state index contributed by atoms with van der Waals surface area (Å²) in [7, 11) is 0. The number of alkyl halides is 3. The van der Waals surface area contributed by atoms with Crippen molar-refractivity contribution in [2.75, 3.05) is 0 Å². The first-order chi connectivity index (χ1) is 8.70. The van der Waals surface area contributed by atoms with Crippen LogP contribution in [0.1, 0.15) is 12.5 Å². The van der Waals surface area contributed by atoms with Crippen LogP contribution in [0.25, 0.3) is 6.08 Å². The standard InChI is InChI=1S/C12H7Cl2F3O2/c1-5(18)8-3-6-2-7(13)4-9(14)10(6)19-11(8)12(15,16)17/h2-4,11H,1H3. The predicted molar refractivity (Wildman–Crippen MR) is 65.6 cm³/mol. The van der Waals surface area contributed by atoms with Crippen LogP contribution in [0.3, 0.4) is 0 Å². The molecular weight excluding hydrogens is 304 g/mol. The maximum absolute atomic E-state index is 12.9. The molecule has 1 atom stereocenters. The number of hydrogen-bond acceptors (Lipinski definition) is 2. The third-order valence-electron chi connectivity index (χ3n) is 2.57. The van der Waals surface area contributed by atoms with Crippen molar-refractivity contribution in [2.24, 2.45) is 0 Å². The van der Waals surface area contributed by atoms with Gasteiger partial charge >= 0.3 is 6.18 Å². The number of carbonyl (C=O) groups is 1. The molecule has 7 heteroatoms. The maximum Gasteiger partial charge on any atom is 0.429 e. The topological polar surface area (TPSA) is 26.3 Å². The van der Waals surface area contributed by atoms with E-state index in [2.05, 4.69) is 0 Å². The predicted octanol–water partition coefficient (Wildman–Crippen LogP) is 4.29. The Labute approximate surface area is 116 Å². The highest BCUT2D eigenvalue weighted by atomic mass is 35.5. The lowest BCUT2D eigenvalue weighted by atomic mass is 9.98. The molecule has 0 amide bonds. The molecular formula is C12H7Cl2F3O2. The van der Waals surface area contributed by atoms with Crippen molar-refractivity contribution in [3.8, 4) is 5.75 Å². The van der Waals surface area contributed by atoms with Crippen LogP contribution in [-0.2, 0) is 4.79 Å². The Bertz CT molecular complexity index is 579. The smallest absolute Gasteiger partial charge is 0.429 e. The molecule has 2 nitrogen and oxygen atoms in total. The third-order valence-corrected chi connectivity index (χ3v) is 3.07. The lowest BCUT2D eigenvalue weighted by Crippen LogP contribution is -2.39. The highest BCUT2D eigenvalue weighted by molar-refractivity contribution is 6.36. The summed E-state index contributed by atoms with van der Waals surface area (Å²) in [5.74, 6) is -0.845. The summed E-state index contributed by atoms with van der Waals surface area (Å²) in [5.41, 5.74) is -0.221. The minimum atomic E-state index is -4.70. The van der Waals surface area contributed by atoms with E-state index in [0.717, 1.165) is 13.0 Å². The lowest BCUT2D eigenvalue weighted by molar-refractivity contribution is -0.184. The molecule has 102 valence electrons. The Morgan fingerprint density at radius 2 is 1.95 bits per heavy atom. The first-order valence-corrected chi connectivity index (χ1v) is 5.90. The van der Waals surface area contributed by atoms with Crippen LogP contribution in [-0.4, -0.2) is 18.1 Å². The van der Waals surface area contributed by atoms with Crippen molar-refractivity contribution >= 4 is 35.1 Å². The fourth-order valence-electron chi connectivity index (χ4n) is 1.77. The van der Waals surface area contributed by atoms with Gasteiger partial charge in [-0.05, 0) is 25.1 Å². The van der Waals surface area contributed by atoms with Crippen molar-refractivity contribution in [1.82, 2.24) is 0 Å². The molecule has 0 N–H and O–H groups in total. The monoisotopic (exact) mass is 310 g/mol. The van der Waals surface area contributed by atoms with Crippen molar-refractivity contribution in [3.05, 3.63) is 33.3 Å². The molecule has 0 radical (unpaired) electrons. The second kappa shape index (κ2) is 4.72. The highest BCUT2D eigenvalue weighted by Gasteiger charge is 2.47. The van der Waals surface area contributed by atoms with Crippen LogP contribution in [0.2, 0.25) is 10.0 Å². The number of carbonyl (C=O) groups excluding carboxylic acids is 1. The minimum absolute atomic E-state index is 0.0318. The van der Waals surface area contributed by atoms with Gasteiger partial charge in [-0.3, -0.25) is 4.79 Å². The fraction of sp³-hybridized carbons (Fsp3) is 0.250. The Kier molecular flexibility index (Phi) is 3.53. The molecule has 1 aliphatic heterocycles. The number of Topliss-reactive ketones (excluding diaryl/α,β-unsaturated/α-hetero) is 1. The van der Waals surface area contributed by atoms with E-state index >= 15 is 0 Å². The molecule has 0 saturated heterocycles. The molecule has 1 heterocycles. The van der Waals surface area contributed by atoms with E-state index in [1.165, 1.54) is 12.1 Å². The van der Waals surface area contributed by atoms with Gasteiger partial charge in [-0.1, -0.05) is 23.2 Å². The van der Waals surface area contributed by atoms with Crippen LogP contribution in [0.4, 0.5) is 13.2 Å². The van der Waals surface area contributed by atoms with Gasteiger partial charge in [0.05, 0.1) is 5.02 Å². The van der Waals surface area contributed by atoms with Crippen molar-refractivity contribution < 1.29 is 22.7 Å². The van der Waals surface area contributed by atoms with Gasteiger partial charge in [-0.15, -0.1) is 0 Å². The van der Waals surface area contributed by atoms with Gasteiger partial charge in [0.25, 0.3) is 0 Å². The molecule has 0 aromatic heterocycles. The average Bonchev–Trinajstić information content (AvgIpc) is 2.25. The molecule has 0 saturated carbocycles. The number of ether oxygens (including phenoxy) is 1. The summed E-state index contributed by atoms with van der Waals surface area (Å²) in [6, 6.07) is 2.67. The van der Waals surface area contributed by atoms with Gasteiger partial charge in [-0.25, -0.2) is 0 Å². The van der Waals surface area contributed by atoms with Gasteiger partial charge in [-0.2, -0.15) is 13.2 Å². The summed E-state index contributed by atoms with van der Waals surface area (Å²) in [5, 5.41) is 0.215. The van der Waals surface area contributed by atoms with Crippen LogP contribution in [0.15, 0.2) is 17.7 Å². The lowest BCUT2D eigenvalue weighted by Gasteiger charge is -2.28. The molecule has 1 aliphatic rings. The molecule has 1 unspecified atom stereocenters. The zero-order valence-corrected chi connectivity index (χ0v) is 11.0. The van der Waals surface area contributed by atoms with Gasteiger partial charge in [0.15, 0.2) is 5.78 Å². The Balaban J connectivity index is 2.61.